The molecule has 4 heteroatoms. The molecule has 0 radical (unpaired) electrons. The first kappa shape index (κ1) is 12.2. The Morgan fingerprint density at radius 2 is 2.15 bits per heavy atom. The van der Waals surface area contributed by atoms with E-state index >= 15 is 0 Å². The molecule has 4 rings (SSSR count). The number of hydrogen-bond acceptors (Lipinski definition) is 4. The van der Waals surface area contributed by atoms with Gasteiger partial charge in [0.2, 0.25) is 0 Å². The van der Waals surface area contributed by atoms with E-state index in [1.165, 1.54) is 12.8 Å². The Bertz CT molecular complexity index is 570. The van der Waals surface area contributed by atoms with Crippen molar-refractivity contribution < 1.29 is 4.74 Å². The molecule has 3 aliphatic rings. The molecule has 2 heterocycles. The number of pyridine rings is 1. The summed E-state index contributed by atoms with van der Waals surface area (Å²) in [5.74, 6) is 1.37. The molecule has 4 nitrogen and oxygen atoms in total. The van der Waals surface area contributed by atoms with Gasteiger partial charge < -0.3 is 10.1 Å². The number of nitrogens with one attached hydrogen (secondary N) is 1. The number of ether oxygens (including phenoxy) is 1. The first-order chi connectivity index (χ1) is 9.81. The van der Waals surface area contributed by atoms with E-state index in [2.05, 4.69) is 11.4 Å². The molecule has 0 unspecified atom stereocenters. The molecule has 20 heavy (non-hydrogen) atoms. The molecule has 1 aromatic rings. The summed E-state index contributed by atoms with van der Waals surface area (Å²) in [6.07, 6.45) is 6.93. The van der Waals surface area contributed by atoms with Crippen LogP contribution < -0.4 is 5.32 Å². The highest BCUT2D eigenvalue weighted by atomic mass is 16.5. The lowest BCUT2D eigenvalue weighted by atomic mass is 10.00. The van der Waals surface area contributed by atoms with Crippen LogP contribution in [0.1, 0.15) is 55.7 Å². The van der Waals surface area contributed by atoms with E-state index in [-0.39, 0.29) is 5.60 Å². The molecule has 1 aliphatic heterocycles. The van der Waals surface area contributed by atoms with Gasteiger partial charge in [0.15, 0.2) is 0 Å². The predicted octanol–water partition coefficient (Wildman–Crippen LogP) is 2.95. The van der Waals surface area contributed by atoms with Crippen LogP contribution in [-0.4, -0.2) is 23.2 Å². The molecule has 104 valence electrons. The van der Waals surface area contributed by atoms with Crippen LogP contribution >= 0.6 is 0 Å². The van der Waals surface area contributed by atoms with E-state index in [9.17, 15) is 5.26 Å². The number of anilines is 1. The Morgan fingerprint density at radius 3 is 2.85 bits per heavy atom. The molecule has 1 spiro atoms. The number of aromatic nitrogens is 1. The van der Waals surface area contributed by atoms with Crippen LogP contribution in [0.3, 0.4) is 0 Å². The van der Waals surface area contributed by atoms with E-state index in [1.54, 1.807) is 0 Å². The Labute approximate surface area is 119 Å². The molecule has 2 aliphatic carbocycles. The molecule has 1 aromatic heterocycles. The monoisotopic (exact) mass is 269 g/mol. The lowest BCUT2D eigenvalue weighted by Gasteiger charge is -2.33. The van der Waals surface area contributed by atoms with Crippen LogP contribution in [0.25, 0.3) is 0 Å². The van der Waals surface area contributed by atoms with Crippen molar-refractivity contribution in [2.45, 2.75) is 56.1 Å². The van der Waals surface area contributed by atoms with E-state index in [0.29, 0.717) is 17.5 Å². The van der Waals surface area contributed by atoms with Gasteiger partial charge in [0.25, 0.3) is 0 Å². The quantitative estimate of drug-likeness (QED) is 0.916. The zero-order chi connectivity index (χ0) is 13.6. The van der Waals surface area contributed by atoms with Crippen molar-refractivity contribution in [3.63, 3.8) is 0 Å². The molecular formula is C16H19N3O. The van der Waals surface area contributed by atoms with Gasteiger partial charge >= 0.3 is 0 Å². The Balaban J connectivity index is 1.60. The molecule has 3 fully saturated rings. The summed E-state index contributed by atoms with van der Waals surface area (Å²) >= 11 is 0. The normalized spacial score (nSPS) is 27.1. The minimum Gasteiger partial charge on any atom is -0.373 e. The lowest BCUT2D eigenvalue weighted by Crippen LogP contribution is -2.42. The predicted molar refractivity (Wildman–Crippen MR) is 75.5 cm³/mol. The molecule has 2 saturated carbocycles. The Morgan fingerprint density at radius 1 is 1.30 bits per heavy atom. The van der Waals surface area contributed by atoms with Crippen molar-refractivity contribution in [2.24, 2.45) is 0 Å². The van der Waals surface area contributed by atoms with Gasteiger partial charge in [-0.3, -0.25) is 0 Å². The Hall–Kier alpha value is -1.60. The average Bonchev–Trinajstić information content (AvgIpc) is 3.36. The SMILES string of the molecule is N#Cc1ccc(C2CC2)nc1N[C@@H]1CCCOC12CC2. The van der Waals surface area contributed by atoms with Gasteiger partial charge in [0.05, 0.1) is 17.2 Å². The Kier molecular flexibility index (Phi) is 2.71. The zero-order valence-corrected chi connectivity index (χ0v) is 11.6. The first-order valence-corrected chi connectivity index (χ1v) is 7.62. The van der Waals surface area contributed by atoms with Crippen LogP contribution in [0, 0.1) is 11.3 Å². The number of nitrogens with zero attached hydrogens (tertiary/aromatic N) is 2. The van der Waals surface area contributed by atoms with Crippen LogP contribution in [0.5, 0.6) is 0 Å². The fourth-order valence-corrected chi connectivity index (χ4v) is 3.19. The number of hydrogen-bond donors (Lipinski definition) is 1. The maximum Gasteiger partial charge on any atom is 0.144 e. The second kappa shape index (κ2) is 4.46. The number of nitriles is 1. The summed E-state index contributed by atoms with van der Waals surface area (Å²) in [5.41, 5.74) is 1.81. The third kappa shape index (κ3) is 2.06. The molecule has 1 N–H and O–H groups in total. The van der Waals surface area contributed by atoms with E-state index in [1.807, 2.05) is 12.1 Å². The largest absolute Gasteiger partial charge is 0.373 e. The number of rotatable bonds is 3. The van der Waals surface area contributed by atoms with Crippen molar-refractivity contribution in [3.05, 3.63) is 23.4 Å². The molecule has 1 atom stereocenters. The highest BCUT2D eigenvalue weighted by Crippen LogP contribution is 2.47. The second-order valence-corrected chi connectivity index (χ2v) is 6.27. The lowest BCUT2D eigenvalue weighted by molar-refractivity contribution is -0.0133. The maximum atomic E-state index is 9.28. The van der Waals surface area contributed by atoms with E-state index in [0.717, 1.165) is 43.8 Å². The topological polar surface area (TPSA) is 57.9 Å². The van der Waals surface area contributed by atoms with Crippen LogP contribution in [0.2, 0.25) is 0 Å². The standard InChI is InChI=1S/C16H19N3O/c17-10-12-5-6-13(11-3-4-11)18-15(12)19-14-2-1-9-20-16(14)7-8-16/h5-6,11,14H,1-4,7-9H2,(H,18,19)/t14-/m1/s1. The highest BCUT2D eigenvalue weighted by Gasteiger charge is 2.52. The molecular weight excluding hydrogens is 250 g/mol. The van der Waals surface area contributed by atoms with Crippen molar-refractivity contribution in [1.82, 2.24) is 4.98 Å². The smallest absolute Gasteiger partial charge is 0.144 e. The summed E-state index contributed by atoms with van der Waals surface area (Å²) < 4.78 is 5.95. The zero-order valence-electron chi connectivity index (χ0n) is 11.6. The summed E-state index contributed by atoms with van der Waals surface area (Å²) in [6.45, 7) is 0.874. The molecule has 0 amide bonds. The van der Waals surface area contributed by atoms with E-state index in [4.69, 9.17) is 9.72 Å². The fourth-order valence-electron chi connectivity index (χ4n) is 3.19. The minimum absolute atomic E-state index is 0.0300. The molecule has 0 aromatic carbocycles. The average molecular weight is 269 g/mol. The van der Waals surface area contributed by atoms with Gasteiger partial charge in [-0.25, -0.2) is 4.98 Å². The summed E-state index contributed by atoms with van der Waals surface area (Å²) in [6, 6.07) is 6.48. The van der Waals surface area contributed by atoms with Crippen molar-refractivity contribution >= 4 is 5.82 Å². The summed E-state index contributed by atoms with van der Waals surface area (Å²) in [5, 5.41) is 12.8. The van der Waals surface area contributed by atoms with Gasteiger partial charge in [0.1, 0.15) is 11.9 Å². The third-order valence-corrected chi connectivity index (χ3v) is 4.75. The second-order valence-electron chi connectivity index (χ2n) is 6.27. The summed E-state index contributed by atoms with van der Waals surface area (Å²) in [4.78, 5) is 4.70. The van der Waals surface area contributed by atoms with Gasteiger partial charge in [-0.1, -0.05) is 0 Å². The summed E-state index contributed by atoms with van der Waals surface area (Å²) in [7, 11) is 0. The van der Waals surface area contributed by atoms with Crippen LogP contribution in [0.15, 0.2) is 12.1 Å². The highest BCUT2D eigenvalue weighted by molar-refractivity contribution is 5.54. The van der Waals surface area contributed by atoms with E-state index < -0.39 is 0 Å². The first-order valence-electron chi connectivity index (χ1n) is 7.62. The van der Waals surface area contributed by atoms with Crippen molar-refractivity contribution in [1.29, 1.82) is 5.26 Å². The van der Waals surface area contributed by atoms with Crippen LogP contribution in [-0.2, 0) is 4.74 Å². The van der Waals surface area contributed by atoms with Gasteiger partial charge in [-0.05, 0) is 50.7 Å². The molecule has 0 bridgehead atoms. The van der Waals surface area contributed by atoms with Crippen LogP contribution in [0.4, 0.5) is 5.82 Å². The third-order valence-electron chi connectivity index (χ3n) is 4.75. The fraction of sp³-hybridized carbons (Fsp3) is 0.625. The minimum atomic E-state index is 0.0300. The van der Waals surface area contributed by atoms with Gasteiger partial charge in [-0.15, -0.1) is 0 Å². The van der Waals surface area contributed by atoms with Gasteiger partial charge in [-0.2, -0.15) is 5.26 Å². The molecule has 1 saturated heterocycles. The van der Waals surface area contributed by atoms with Crippen molar-refractivity contribution in [2.75, 3.05) is 11.9 Å². The van der Waals surface area contributed by atoms with Gasteiger partial charge in [0, 0.05) is 18.2 Å². The maximum absolute atomic E-state index is 9.28. The van der Waals surface area contributed by atoms with Crippen molar-refractivity contribution in [3.8, 4) is 6.07 Å².